The van der Waals surface area contributed by atoms with Gasteiger partial charge >= 0.3 is 0 Å². The van der Waals surface area contributed by atoms with Gasteiger partial charge in [-0.3, -0.25) is 0 Å². The van der Waals surface area contributed by atoms with E-state index in [4.69, 9.17) is 0 Å². The van der Waals surface area contributed by atoms with Crippen LogP contribution in [-0.4, -0.2) is 0 Å². The summed E-state index contributed by atoms with van der Waals surface area (Å²) in [7, 11) is 0. The molecule has 0 fully saturated rings. The molecule has 2 heterocycles. The van der Waals surface area contributed by atoms with E-state index in [9.17, 15) is 0 Å². The highest BCUT2D eigenvalue weighted by Gasteiger charge is 2.16. The second kappa shape index (κ2) is 16.4. The molecule has 0 aliphatic rings. The van der Waals surface area contributed by atoms with Crippen molar-refractivity contribution in [3.05, 3.63) is 249 Å². The Morgan fingerprint density at radius 3 is 1.36 bits per heavy atom. The molecule has 314 valence electrons. The van der Waals surface area contributed by atoms with Crippen molar-refractivity contribution in [1.82, 2.24) is 0 Å². The van der Waals surface area contributed by atoms with Crippen LogP contribution in [0.25, 0.3) is 107 Å². The average Bonchev–Trinajstić information content (AvgIpc) is 3.98. The van der Waals surface area contributed by atoms with Gasteiger partial charge in [-0.25, -0.2) is 0 Å². The van der Waals surface area contributed by atoms with Crippen molar-refractivity contribution >= 4 is 90.9 Å². The first-order valence-electron chi connectivity index (χ1n) is 22.8. The Bertz CT molecular complexity index is 3950. The number of fused-ring (bicyclic) bond motifs is 7. The maximum atomic E-state index is 2.37. The summed E-state index contributed by atoms with van der Waals surface area (Å²) >= 11 is 3.73. The molecule has 1 nitrogen and oxygen atoms in total. The van der Waals surface area contributed by atoms with Crippen LogP contribution >= 0.6 is 22.7 Å². The third kappa shape index (κ3) is 7.17. The lowest BCUT2D eigenvalue weighted by Crippen LogP contribution is -2.09. The second-order valence-corrected chi connectivity index (χ2v) is 19.4. The zero-order chi connectivity index (χ0) is 44.3. The molecule has 11 aromatic carbocycles. The molecule has 0 spiro atoms. The van der Waals surface area contributed by atoms with Crippen LogP contribution in [0.1, 0.15) is 0 Å². The van der Waals surface area contributed by atoms with E-state index < -0.39 is 0 Å². The molecule has 3 heteroatoms. The molecule has 0 saturated carbocycles. The minimum atomic E-state index is 1.10. The van der Waals surface area contributed by atoms with Gasteiger partial charge in [0.2, 0.25) is 0 Å². The summed E-state index contributed by atoms with van der Waals surface area (Å²) in [5.41, 5.74) is 15.4. The summed E-state index contributed by atoms with van der Waals surface area (Å²) in [6.45, 7) is 0. The van der Waals surface area contributed by atoms with Crippen LogP contribution in [0.5, 0.6) is 0 Å². The van der Waals surface area contributed by atoms with E-state index in [1.54, 1.807) is 0 Å². The summed E-state index contributed by atoms with van der Waals surface area (Å²) in [5.74, 6) is 0. The summed E-state index contributed by atoms with van der Waals surface area (Å²) in [6, 6.07) is 91.4. The van der Waals surface area contributed by atoms with Crippen molar-refractivity contribution in [1.29, 1.82) is 0 Å². The first-order chi connectivity index (χ1) is 33.2. The van der Waals surface area contributed by atoms with E-state index in [2.05, 4.69) is 254 Å². The number of rotatable bonds is 8. The lowest BCUT2D eigenvalue weighted by molar-refractivity contribution is 1.28. The first-order valence-corrected chi connectivity index (χ1v) is 24.4. The van der Waals surface area contributed by atoms with Crippen LogP contribution in [0, 0.1) is 0 Å². The van der Waals surface area contributed by atoms with Crippen LogP contribution in [-0.2, 0) is 0 Å². The Morgan fingerprint density at radius 1 is 0.239 bits per heavy atom. The SMILES string of the molecule is c1cc(-c2ccc(-c3ccc(N(c4ccc(-c5ccc6sc7ccccc7c6c5)cc4)c4ccc(-c5cccc6sc7ccccc7c56)cc4)cc3)cc2)cc(-c2ccc3ccccc3c2)c1. The third-order valence-electron chi connectivity index (χ3n) is 13.3. The van der Waals surface area contributed by atoms with E-state index in [0.717, 1.165) is 17.1 Å². The summed E-state index contributed by atoms with van der Waals surface area (Å²) in [4.78, 5) is 2.37. The van der Waals surface area contributed by atoms with Crippen molar-refractivity contribution in [3.8, 4) is 55.6 Å². The van der Waals surface area contributed by atoms with Crippen LogP contribution in [0.3, 0.4) is 0 Å². The van der Waals surface area contributed by atoms with Gasteiger partial charge in [-0.15, -0.1) is 22.7 Å². The number of hydrogen-bond donors (Lipinski definition) is 0. The lowest BCUT2D eigenvalue weighted by Gasteiger charge is -2.26. The smallest absolute Gasteiger partial charge is 0.0462 e. The van der Waals surface area contributed by atoms with Gasteiger partial charge in [0.15, 0.2) is 0 Å². The van der Waals surface area contributed by atoms with Crippen LogP contribution in [0.2, 0.25) is 0 Å². The van der Waals surface area contributed by atoms with Gasteiger partial charge in [-0.05, 0) is 145 Å². The highest BCUT2D eigenvalue weighted by molar-refractivity contribution is 7.26. The molecular weight excluding hydrogens is 847 g/mol. The molecule has 0 atom stereocenters. The number of hydrogen-bond acceptors (Lipinski definition) is 3. The van der Waals surface area contributed by atoms with Crippen LogP contribution < -0.4 is 4.90 Å². The zero-order valence-electron chi connectivity index (χ0n) is 36.4. The van der Waals surface area contributed by atoms with E-state index in [1.165, 1.54) is 107 Å². The van der Waals surface area contributed by atoms with Gasteiger partial charge in [0.1, 0.15) is 0 Å². The maximum absolute atomic E-state index is 2.37. The van der Waals surface area contributed by atoms with E-state index >= 15 is 0 Å². The highest BCUT2D eigenvalue weighted by Crippen LogP contribution is 2.43. The minimum absolute atomic E-state index is 1.10. The Balaban J connectivity index is 0.830. The molecule has 0 N–H and O–H groups in total. The normalized spacial score (nSPS) is 11.6. The molecule has 0 unspecified atom stereocenters. The molecule has 0 aliphatic carbocycles. The molecule has 13 rings (SSSR count). The summed E-state index contributed by atoms with van der Waals surface area (Å²) in [5, 5.41) is 7.80. The number of thiophene rings is 2. The van der Waals surface area contributed by atoms with E-state index in [-0.39, 0.29) is 0 Å². The molecule has 67 heavy (non-hydrogen) atoms. The number of nitrogens with zero attached hydrogens (tertiary/aromatic N) is 1. The van der Waals surface area contributed by atoms with Crippen molar-refractivity contribution < 1.29 is 0 Å². The molecule has 0 saturated heterocycles. The second-order valence-electron chi connectivity index (χ2n) is 17.3. The van der Waals surface area contributed by atoms with E-state index in [1.807, 2.05) is 22.7 Å². The van der Waals surface area contributed by atoms with Crippen molar-refractivity contribution in [2.75, 3.05) is 4.90 Å². The molecule has 0 radical (unpaired) electrons. The highest BCUT2D eigenvalue weighted by atomic mass is 32.1. The van der Waals surface area contributed by atoms with Crippen LogP contribution in [0.15, 0.2) is 249 Å². The molecule has 0 bridgehead atoms. The monoisotopic (exact) mass is 887 g/mol. The quantitative estimate of drug-likeness (QED) is 0.147. The van der Waals surface area contributed by atoms with Crippen molar-refractivity contribution in [3.63, 3.8) is 0 Å². The molecule has 13 aromatic rings. The van der Waals surface area contributed by atoms with Gasteiger partial charge in [-0.2, -0.15) is 0 Å². The van der Waals surface area contributed by atoms with Crippen LogP contribution in [0.4, 0.5) is 17.1 Å². The van der Waals surface area contributed by atoms with E-state index in [0.29, 0.717) is 0 Å². The largest absolute Gasteiger partial charge is 0.311 e. The van der Waals surface area contributed by atoms with Gasteiger partial charge in [0, 0.05) is 57.4 Å². The molecule has 0 amide bonds. The number of benzene rings is 11. The topological polar surface area (TPSA) is 3.24 Å². The molecule has 2 aromatic heterocycles. The molecule has 0 aliphatic heterocycles. The van der Waals surface area contributed by atoms with Crippen molar-refractivity contribution in [2.24, 2.45) is 0 Å². The zero-order valence-corrected chi connectivity index (χ0v) is 38.1. The van der Waals surface area contributed by atoms with Gasteiger partial charge < -0.3 is 4.90 Å². The Kier molecular flexibility index (Phi) is 9.63. The minimum Gasteiger partial charge on any atom is -0.311 e. The maximum Gasteiger partial charge on any atom is 0.0462 e. The van der Waals surface area contributed by atoms with Gasteiger partial charge in [0.25, 0.3) is 0 Å². The predicted octanol–water partition coefficient (Wildman–Crippen LogP) is 19.4. The first kappa shape index (κ1) is 39.3. The summed E-state index contributed by atoms with van der Waals surface area (Å²) < 4.78 is 5.29. The Morgan fingerprint density at radius 2 is 0.672 bits per heavy atom. The fourth-order valence-electron chi connectivity index (χ4n) is 9.87. The van der Waals surface area contributed by atoms with Crippen molar-refractivity contribution in [2.45, 2.75) is 0 Å². The predicted molar refractivity (Wildman–Crippen MR) is 292 cm³/mol. The molecular formula is C64H41NS2. The summed E-state index contributed by atoms with van der Waals surface area (Å²) in [6.07, 6.45) is 0. The standard InChI is InChI=1S/C64H41NS2/c1-2-10-48-40-51(24-23-42(48)9-1)50-12-7-11-49(39-50)45-21-19-43(20-22-45)44-25-32-53(33-26-44)65(54-34-27-46(28-35-54)52-31-38-62-59(41-52)57-13-3-5-16-60(57)66-62)55-36-29-47(30-37-55)56-15-8-18-63-64(56)58-14-4-6-17-61(58)67-63/h1-41H. The van der Waals surface area contributed by atoms with Gasteiger partial charge in [-0.1, -0.05) is 170 Å². The fraction of sp³-hybridized carbons (Fsp3) is 0. The third-order valence-corrected chi connectivity index (χ3v) is 15.6. The fourth-order valence-corrected chi connectivity index (χ4v) is 12.1. The lowest BCUT2D eigenvalue weighted by atomic mass is 9.96. The number of anilines is 3. The van der Waals surface area contributed by atoms with Gasteiger partial charge in [0.05, 0.1) is 0 Å². The Labute approximate surface area is 397 Å². The average molecular weight is 888 g/mol. The Hall–Kier alpha value is -8.08.